The molecule has 1 aromatic carbocycles. The summed E-state index contributed by atoms with van der Waals surface area (Å²) in [5, 5.41) is 3.46. The molecule has 0 saturated heterocycles. The Bertz CT molecular complexity index is 419. The Labute approximate surface area is 108 Å². The molecule has 100 valence electrons. The summed E-state index contributed by atoms with van der Waals surface area (Å²) < 4.78 is 26.5. The lowest BCUT2D eigenvalue weighted by Gasteiger charge is -2.24. The van der Waals surface area contributed by atoms with E-state index in [0.717, 1.165) is 31.9 Å². The summed E-state index contributed by atoms with van der Waals surface area (Å²) in [5.41, 5.74) is 0.766. The van der Waals surface area contributed by atoms with Crippen LogP contribution in [0.25, 0.3) is 0 Å². The molecule has 0 spiro atoms. The Morgan fingerprint density at radius 2 is 2.17 bits per heavy atom. The lowest BCUT2D eigenvalue weighted by Crippen LogP contribution is -2.28. The number of benzene rings is 1. The van der Waals surface area contributed by atoms with Crippen molar-refractivity contribution in [2.24, 2.45) is 5.41 Å². The van der Waals surface area contributed by atoms with Gasteiger partial charge in [-0.05, 0) is 49.3 Å². The average molecular weight is 253 g/mol. The molecule has 0 bridgehead atoms. The fourth-order valence-electron chi connectivity index (χ4n) is 3.07. The van der Waals surface area contributed by atoms with Crippen molar-refractivity contribution in [1.82, 2.24) is 5.32 Å². The minimum Gasteiger partial charge on any atom is -0.314 e. The fourth-order valence-corrected chi connectivity index (χ4v) is 3.07. The zero-order chi connectivity index (χ0) is 13.2. The van der Waals surface area contributed by atoms with Crippen molar-refractivity contribution in [3.8, 4) is 0 Å². The first-order valence-corrected chi connectivity index (χ1v) is 6.70. The molecule has 18 heavy (non-hydrogen) atoms. The van der Waals surface area contributed by atoms with Crippen molar-refractivity contribution >= 4 is 0 Å². The monoisotopic (exact) mass is 253 g/mol. The Morgan fingerprint density at radius 3 is 2.83 bits per heavy atom. The van der Waals surface area contributed by atoms with Crippen LogP contribution in [0.15, 0.2) is 18.2 Å². The molecule has 1 N–H and O–H groups in total. The van der Waals surface area contributed by atoms with Crippen molar-refractivity contribution < 1.29 is 8.78 Å². The summed E-state index contributed by atoms with van der Waals surface area (Å²) in [4.78, 5) is 0. The Balaban J connectivity index is 2.05. The number of nitrogens with one attached hydrogen (secondary N) is 1. The fraction of sp³-hybridized carbons (Fsp3) is 0.600. The molecular formula is C15H21F2N. The van der Waals surface area contributed by atoms with Crippen LogP contribution in [0.2, 0.25) is 0 Å². The third-order valence-electron chi connectivity index (χ3n) is 3.96. The van der Waals surface area contributed by atoms with Crippen molar-refractivity contribution in [2.75, 3.05) is 6.54 Å². The SMILES string of the molecule is CCNC1CCC(C)(Cc2ccc(F)cc2F)C1. The molecule has 0 amide bonds. The van der Waals surface area contributed by atoms with Crippen LogP contribution in [0.4, 0.5) is 8.78 Å². The van der Waals surface area contributed by atoms with Gasteiger partial charge in [-0.1, -0.05) is 19.9 Å². The quantitative estimate of drug-likeness (QED) is 0.863. The predicted octanol–water partition coefficient (Wildman–Crippen LogP) is 3.68. The molecule has 2 rings (SSSR count). The van der Waals surface area contributed by atoms with Gasteiger partial charge in [0.05, 0.1) is 0 Å². The molecule has 2 atom stereocenters. The highest BCUT2D eigenvalue weighted by atomic mass is 19.1. The zero-order valence-electron chi connectivity index (χ0n) is 11.1. The molecule has 0 heterocycles. The Hall–Kier alpha value is -0.960. The predicted molar refractivity (Wildman–Crippen MR) is 69.5 cm³/mol. The summed E-state index contributed by atoms with van der Waals surface area (Å²) in [5.74, 6) is -0.915. The standard InChI is InChI=1S/C15H21F2N/c1-3-18-13-6-7-15(2,10-13)9-11-4-5-12(16)8-14(11)17/h4-5,8,13,18H,3,6-7,9-10H2,1-2H3. The van der Waals surface area contributed by atoms with Crippen LogP contribution >= 0.6 is 0 Å². The minimum absolute atomic E-state index is 0.130. The van der Waals surface area contributed by atoms with Gasteiger partial charge in [-0.2, -0.15) is 0 Å². The Kier molecular flexibility index (Phi) is 4.00. The third-order valence-corrected chi connectivity index (χ3v) is 3.96. The molecule has 1 nitrogen and oxygen atoms in total. The smallest absolute Gasteiger partial charge is 0.129 e. The third kappa shape index (κ3) is 3.08. The molecule has 2 unspecified atom stereocenters. The second-order valence-electron chi connectivity index (χ2n) is 5.72. The van der Waals surface area contributed by atoms with Gasteiger partial charge in [0.25, 0.3) is 0 Å². The van der Waals surface area contributed by atoms with Crippen LogP contribution in [0.1, 0.15) is 38.7 Å². The molecule has 1 aliphatic rings. The van der Waals surface area contributed by atoms with Gasteiger partial charge in [0.2, 0.25) is 0 Å². The first-order chi connectivity index (χ1) is 8.52. The molecule has 0 aliphatic heterocycles. The van der Waals surface area contributed by atoms with Crippen LogP contribution in [-0.4, -0.2) is 12.6 Å². The molecule has 1 aromatic rings. The van der Waals surface area contributed by atoms with Gasteiger partial charge in [-0.15, -0.1) is 0 Å². The summed E-state index contributed by atoms with van der Waals surface area (Å²) in [6, 6.07) is 4.45. The average Bonchev–Trinajstić information content (AvgIpc) is 2.65. The van der Waals surface area contributed by atoms with Crippen molar-refractivity contribution in [2.45, 2.75) is 45.6 Å². The van der Waals surface area contributed by atoms with Crippen molar-refractivity contribution in [1.29, 1.82) is 0 Å². The van der Waals surface area contributed by atoms with E-state index in [0.29, 0.717) is 18.0 Å². The van der Waals surface area contributed by atoms with Gasteiger partial charge < -0.3 is 5.32 Å². The topological polar surface area (TPSA) is 12.0 Å². The second kappa shape index (κ2) is 5.35. The van der Waals surface area contributed by atoms with Crippen LogP contribution in [0, 0.1) is 17.0 Å². The molecule has 0 radical (unpaired) electrons. The maximum Gasteiger partial charge on any atom is 0.129 e. The maximum atomic E-state index is 13.7. The van der Waals surface area contributed by atoms with Crippen LogP contribution < -0.4 is 5.32 Å². The largest absolute Gasteiger partial charge is 0.314 e. The van der Waals surface area contributed by atoms with Gasteiger partial charge >= 0.3 is 0 Å². The molecule has 0 aromatic heterocycles. The highest BCUT2D eigenvalue weighted by molar-refractivity contribution is 5.20. The summed E-state index contributed by atoms with van der Waals surface area (Å²) >= 11 is 0. The van der Waals surface area contributed by atoms with E-state index >= 15 is 0 Å². The normalized spacial score (nSPS) is 27.7. The van der Waals surface area contributed by atoms with E-state index in [1.165, 1.54) is 6.07 Å². The van der Waals surface area contributed by atoms with E-state index < -0.39 is 11.6 Å². The van der Waals surface area contributed by atoms with E-state index in [4.69, 9.17) is 0 Å². The highest BCUT2D eigenvalue weighted by Gasteiger charge is 2.35. The maximum absolute atomic E-state index is 13.7. The first-order valence-electron chi connectivity index (χ1n) is 6.70. The van der Waals surface area contributed by atoms with Gasteiger partial charge in [0.1, 0.15) is 11.6 Å². The van der Waals surface area contributed by atoms with Gasteiger partial charge in [0.15, 0.2) is 0 Å². The van der Waals surface area contributed by atoms with Crippen LogP contribution in [0.5, 0.6) is 0 Å². The number of hydrogen-bond donors (Lipinski definition) is 1. The van der Waals surface area contributed by atoms with Gasteiger partial charge in [-0.25, -0.2) is 8.78 Å². The van der Waals surface area contributed by atoms with Crippen molar-refractivity contribution in [3.63, 3.8) is 0 Å². The minimum atomic E-state index is -0.502. The van der Waals surface area contributed by atoms with Gasteiger partial charge in [-0.3, -0.25) is 0 Å². The molecule has 1 saturated carbocycles. The summed E-state index contributed by atoms with van der Waals surface area (Å²) in [7, 11) is 0. The lowest BCUT2D eigenvalue weighted by molar-refractivity contribution is 0.317. The first kappa shape index (κ1) is 13.5. The second-order valence-corrected chi connectivity index (χ2v) is 5.72. The van der Waals surface area contributed by atoms with E-state index in [1.807, 2.05) is 0 Å². The van der Waals surface area contributed by atoms with E-state index in [9.17, 15) is 8.78 Å². The van der Waals surface area contributed by atoms with Gasteiger partial charge in [0, 0.05) is 12.1 Å². The van der Waals surface area contributed by atoms with Crippen LogP contribution in [0.3, 0.4) is 0 Å². The van der Waals surface area contributed by atoms with E-state index in [1.54, 1.807) is 6.07 Å². The molecule has 1 fully saturated rings. The highest BCUT2D eigenvalue weighted by Crippen LogP contribution is 2.41. The summed E-state index contributed by atoms with van der Waals surface area (Å²) in [6.07, 6.45) is 4.01. The number of halogens is 2. The van der Waals surface area contributed by atoms with Crippen LogP contribution in [-0.2, 0) is 6.42 Å². The lowest BCUT2D eigenvalue weighted by atomic mass is 9.82. The van der Waals surface area contributed by atoms with E-state index in [2.05, 4.69) is 19.2 Å². The zero-order valence-corrected chi connectivity index (χ0v) is 11.1. The molecular weight excluding hydrogens is 232 g/mol. The molecule has 1 aliphatic carbocycles. The van der Waals surface area contributed by atoms with E-state index in [-0.39, 0.29) is 5.41 Å². The molecule has 3 heteroatoms. The van der Waals surface area contributed by atoms with Crippen molar-refractivity contribution in [3.05, 3.63) is 35.4 Å². The number of hydrogen-bond acceptors (Lipinski definition) is 1. The Morgan fingerprint density at radius 1 is 1.39 bits per heavy atom. The summed E-state index contributed by atoms with van der Waals surface area (Å²) in [6.45, 7) is 5.29. The number of rotatable bonds is 4.